The number of nitrogens with one attached hydrogen (secondary N) is 2. The molecule has 2 heterocycles. The SMILES string of the molecule is CNC(=O)[C@H]1[C@H](c2cccc(Cl)c2)[C@@]2(C(=O)Nc3cc(Cl)ccc32)[C@@H](CC(C)(C)C)N1C(=O)OC. The fourth-order valence-corrected chi connectivity index (χ4v) is 6.13. The lowest BCUT2D eigenvalue weighted by Crippen LogP contribution is -2.52. The maximum atomic E-state index is 14.1. The average molecular weight is 518 g/mol. The van der Waals surface area contributed by atoms with Gasteiger partial charge in [-0.3, -0.25) is 14.5 Å². The first-order valence-electron chi connectivity index (χ1n) is 11.4. The van der Waals surface area contributed by atoms with E-state index in [4.69, 9.17) is 27.9 Å². The lowest BCUT2D eigenvalue weighted by molar-refractivity contribution is -0.125. The third kappa shape index (κ3) is 4.04. The molecule has 35 heavy (non-hydrogen) atoms. The molecule has 0 saturated carbocycles. The van der Waals surface area contributed by atoms with Gasteiger partial charge >= 0.3 is 6.09 Å². The normalized spacial score (nSPS) is 25.4. The number of ether oxygens (including phenoxy) is 1. The fraction of sp³-hybridized carbons (Fsp3) is 0.423. The number of likely N-dealkylation sites (N-methyl/N-ethyl adjacent to an activating group) is 1. The molecule has 1 saturated heterocycles. The van der Waals surface area contributed by atoms with Crippen molar-refractivity contribution in [2.24, 2.45) is 5.41 Å². The van der Waals surface area contributed by atoms with E-state index in [1.165, 1.54) is 19.1 Å². The molecule has 9 heteroatoms. The molecule has 0 aliphatic carbocycles. The topological polar surface area (TPSA) is 87.7 Å². The van der Waals surface area contributed by atoms with Gasteiger partial charge in [0.1, 0.15) is 11.5 Å². The molecule has 0 aromatic heterocycles. The van der Waals surface area contributed by atoms with Gasteiger partial charge < -0.3 is 15.4 Å². The molecule has 1 fully saturated rings. The van der Waals surface area contributed by atoms with E-state index in [9.17, 15) is 14.4 Å². The van der Waals surface area contributed by atoms with E-state index in [0.29, 0.717) is 33.3 Å². The summed E-state index contributed by atoms with van der Waals surface area (Å²) in [6.45, 7) is 6.11. The Hall–Kier alpha value is -2.77. The van der Waals surface area contributed by atoms with Crippen molar-refractivity contribution < 1.29 is 19.1 Å². The predicted octanol–water partition coefficient (Wildman–Crippen LogP) is 4.97. The van der Waals surface area contributed by atoms with Gasteiger partial charge in [0.2, 0.25) is 11.8 Å². The zero-order valence-electron chi connectivity index (χ0n) is 20.3. The van der Waals surface area contributed by atoms with Crippen LogP contribution in [0.15, 0.2) is 42.5 Å². The predicted molar refractivity (Wildman–Crippen MR) is 136 cm³/mol. The Labute approximate surface area is 215 Å². The van der Waals surface area contributed by atoms with Crippen LogP contribution in [-0.4, -0.2) is 49.0 Å². The lowest BCUT2D eigenvalue weighted by Gasteiger charge is -2.39. The van der Waals surface area contributed by atoms with Gasteiger partial charge in [-0.2, -0.15) is 0 Å². The molecule has 0 radical (unpaired) electrons. The monoisotopic (exact) mass is 517 g/mol. The highest BCUT2D eigenvalue weighted by Crippen LogP contribution is 2.60. The van der Waals surface area contributed by atoms with Crippen LogP contribution >= 0.6 is 23.2 Å². The minimum atomic E-state index is -1.29. The number of methoxy groups -OCH3 is 1. The largest absolute Gasteiger partial charge is 0.453 e. The summed E-state index contributed by atoms with van der Waals surface area (Å²) < 4.78 is 5.18. The molecule has 2 aliphatic heterocycles. The number of hydrogen-bond donors (Lipinski definition) is 2. The van der Waals surface area contributed by atoms with E-state index in [2.05, 4.69) is 10.6 Å². The van der Waals surface area contributed by atoms with Crippen molar-refractivity contribution in [3.8, 4) is 0 Å². The Balaban J connectivity index is 2.12. The number of halogens is 2. The third-order valence-corrected chi connectivity index (χ3v) is 7.40. The van der Waals surface area contributed by atoms with E-state index in [0.717, 1.165) is 0 Å². The Kier molecular flexibility index (Phi) is 6.53. The summed E-state index contributed by atoms with van der Waals surface area (Å²) >= 11 is 12.7. The minimum absolute atomic E-state index is 0.296. The summed E-state index contributed by atoms with van der Waals surface area (Å²) in [5.74, 6) is -1.43. The molecule has 0 unspecified atom stereocenters. The number of amides is 3. The first kappa shape index (κ1) is 25.3. The van der Waals surface area contributed by atoms with Gasteiger partial charge in [0.15, 0.2) is 0 Å². The minimum Gasteiger partial charge on any atom is -0.453 e. The summed E-state index contributed by atoms with van der Waals surface area (Å²) in [6.07, 6.45) is -0.241. The van der Waals surface area contributed by atoms with Crippen molar-refractivity contribution in [3.63, 3.8) is 0 Å². The zero-order chi connectivity index (χ0) is 25.7. The molecule has 2 aliphatic rings. The van der Waals surface area contributed by atoms with Crippen LogP contribution in [0.25, 0.3) is 0 Å². The first-order valence-corrected chi connectivity index (χ1v) is 12.2. The molecule has 3 amide bonds. The van der Waals surface area contributed by atoms with Crippen LogP contribution in [-0.2, 0) is 19.7 Å². The third-order valence-electron chi connectivity index (χ3n) is 6.93. The highest BCUT2D eigenvalue weighted by Gasteiger charge is 2.70. The molecule has 1 spiro atoms. The number of carbonyl (C=O) groups is 3. The maximum Gasteiger partial charge on any atom is 0.410 e. The highest BCUT2D eigenvalue weighted by atomic mass is 35.5. The number of rotatable bonds is 3. The molecular weight excluding hydrogens is 489 g/mol. The fourth-order valence-electron chi connectivity index (χ4n) is 5.75. The molecule has 7 nitrogen and oxygen atoms in total. The van der Waals surface area contributed by atoms with Crippen LogP contribution < -0.4 is 10.6 Å². The van der Waals surface area contributed by atoms with Crippen LogP contribution in [0.4, 0.5) is 10.5 Å². The van der Waals surface area contributed by atoms with Crippen molar-refractivity contribution in [2.75, 3.05) is 19.5 Å². The summed E-state index contributed by atoms with van der Waals surface area (Å²) in [6, 6.07) is 10.6. The second-order valence-electron chi connectivity index (χ2n) is 10.3. The van der Waals surface area contributed by atoms with Crippen molar-refractivity contribution in [1.29, 1.82) is 0 Å². The second kappa shape index (κ2) is 9.03. The number of benzene rings is 2. The molecule has 2 N–H and O–H groups in total. The number of carbonyl (C=O) groups excluding carboxylic acids is 3. The van der Waals surface area contributed by atoms with E-state index in [1.54, 1.807) is 30.3 Å². The van der Waals surface area contributed by atoms with Crippen LogP contribution in [0.1, 0.15) is 44.2 Å². The van der Waals surface area contributed by atoms with Crippen LogP contribution in [0, 0.1) is 5.41 Å². The number of likely N-dealkylation sites (tertiary alicyclic amines) is 1. The molecular formula is C26H29Cl2N3O4. The summed E-state index contributed by atoms with van der Waals surface area (Å²) in [5.41, 5.74) is 0.343. The summed E-state index contributed by atoms with van der Waals surface area (Å²) in [7, 11) is 2.79. The van der Waals surface area contributed by atoms with Crippen LogP contribution in [0.3, 0.4) is 0 Å². The number of nitrogens with zero attached hydrogens (tertiary/aromatic N) is 1. The molecule has 4 rings (SSSR count). The van der Waals surface area contributed by atoms with Gasteiger partial charge in [-0.1, -0.05) is 62.2 Å². The van der Waals surface area contributed by atoms with Crippen molar-refractivity contribution in [2.45, 2.75) is 50.6 Å². The second-order valence-corrected chi connectivity index (χ2v) is 11.1. The van der Waals surface area contributed by atoms with Crippen molar-refractivity contribution in [1.82, 2.24) is 10.2 Å². The van der Waals surface area contributed by atoms with Gasteiger partial charge in [-0.25, -0.2) is 4.79 Å². The average Bonchev–Trinajstić information content (AvgIpc) is 3.23. The van der Waals surface area contributed by atoms with Gasteiger partial charge in [0.25, 0.3) is 0 Å². The Morgan fingerprint density at radius 1 is 1.14 bits per heavy atom. The highest BCUT2D eigenvalue weighted by molar-refractivity contribution is 6.31. The van der Waals surface area contributed by atoms with Gasteiger partial charge in [-0.15, -0.1) is 0 Å². The van der Waals surface area contributed by atoms with Crippen LogP contribution in [0.5, 0.6) is 0 Å². The number of anilines is 1. The van der Waals surface area contributed by atoms with E-state index < -0.39 is 35.4 Å². The standard InChI is InChI=1S/C26H29Cl2N3O4/c1-25(2,3)13-19-26(17-10-9-16(28)12-18(17)30-23(26)33)20(14-7-6-8-15(27)11-14)21(22(32)29-4)31(19)24(34)35-5/h6-12,19-21H,13H2,1-5H3,(H,29,32)(H,30,33)/t19-,20+,21-,26+/m1/s1. The molecule has 0 bridgehead atoms. The van der Waals surface area contributed by atoms with Gasteiger partial charge in [-0.05, 0) is 47.2 Å². The van der Waals surface area contributed by atoms with E-state index in [1.807, 2.05) is 32.9 Å². The molecule has 186 valence electrons. The Morgan fingerprint density at radius 2 is 1.83 bits per heavy atom. The molecule has 2 aromatic carbocycles. The summed E-state index contributed by atoms with van der Waals surface area (Å²) in [4.78, 5) is 42.4. The van der Waals surface area contributed by atoms with E-state index >= 15 is 0 Å². The van der Waals surface area contributed by atoms with Crippen molar-refractivity contribution >= 4 is 46.8 Å². The van der Waals surface area contributed by atoms with E-state index in [-0.39, 0.29) is 11.3 Å². The van der Waals surface area contributed by atoms with Gasteiger partial charge in [0.05, 0.1) is 13.2 Å². The smallest absolute Gasteiger partial charge is 0.410 e. The molecule has 2 aromatic rings. The van der Waals surface area contributed by atoms with Crippen LogP contribution in [0.2, 0.25) is 10.0 Å². The number of hydrogen-bond acceptors (Lipinski definition) is 4. The first-order chi connectivity index (χ1) is 16.4. The maximum absolute atomic E-state index is 14.1. The Bertz CT molecular complexity index is 1200. The molecule has 4 atom stereocenters. The zero-order valence-corrected chi connectivity index (χ0v) is 21.8. The quantitative estimate of drug-likeness (QED) is 0.601. The lowest BCUT2D eigenvalue weighted by atomic mass is 9.62. The Morgan fingerprint density at radius 3 is 2.43 bits per heavy atom. The van der Waals surface area contributed by atoms with Crippen molar-refractivity contribution in [3.05, 3.63) is 63.6 Å². The summed E-state index contributed by atoms with van der Waals surface area (Å²) in [5, 5.41) is 6.62. The van der Waals surface area contributed by atoms with Gasteiger partial charge in [0, 0.05) is 28.7 Å². The number of fused-ring (bicyclic) bond motifs is 2.